The molecule has 1 aromatic carbocycles. The van der Waals surface area contributed by atoms with Crippen molar-refractivity contribution in [3.05, 3.63) is 34.5 Å². The molecule has 1 unspecified atom stereocenters. The van der Waals surface area contributed by atoms with Crippen LogP contribution in [-0.4, -0.2) is 26.6 Å². The topological polar surface area (TPSA) is 109 Å². The molecular weight excluding hydrogens is 378 g/mol. The molecule has 0 saturated heterocycles. The number of fused-ring (bicyclic) bond motifs is 3. The number of ether oxygens (including phenoxy) is 1. The van der Waals surface area contributed by atoms with E-state index in [1.54, 1.807) is 4.68 Å². The first-order valence-electron chi connectivity index (χ1n) is 9.46. The number of urea groups is 1. The minimum atomic E-state index is -3.60. The number of carbonyl (C=O) groups is 1. The molecule has 2 aliphatic carbocycles. The smallest absolute Gasteiger partial charge is 0.331 e. The van der Waals surface area contributed by atoms with Crippen LogP contribution in [0.3, 0.4) is 0 Å². The van der Waals surface area contributed by atoms with Crippen LogP contribution in [0.15, 0.2) is 17.2 Å². The van der Waals surface area contributed by atoms with Crippen molar-refractivity contribution in [2.24, 2.45) is 5.41 Å². The lowest BCUT2D eigenvalue weighted by molar-refractivity contribution is 0.0971. The van der Waals surface area contributed by atoms with Crippen molar-refractivity contribution in [1.82, 2.24) is 14.5 Å². The summed E-state index contributed by atoms with van der Waals surface area (Å²) in [5, 5.41) is 7.06. The first-order valence-corrected chi connectivity index (χ1v) is 11.0. The number of aryl methyl sites for hydroxylation is 2. The number of hydrogen-bond donors (Lipinski definition) is 3. The number of anilines is 1. The van der Waals surface area contributed by atoms with Crippen molar-refractivity contribution in [1.29, 1.82) is 4.78 Å². The number of hydrogen-bond acceptors (Lipinski definition) is 5. The van der Waals surface area contributed by atoms with Gasteiger partial charge in [0.05, 0.1) is 19.3 Å². The monoisotopic (exact) mass is 401 g/mol. The van der Waals surface area contributed by atoms with E-state index in [9.17, 15) is 9.00 Å². The fourth-order valence-corrected chi connectivity index (χ4v) is 5.10. The van der Waals surface area contributed by atoms with Gasteiger partial charge in [-0.2, -0.15) is 5.10 Å². The Morgan fingerprint density at radius 3 is 2.54 bits per heavy atom. The molecule has 5 rings (SSSR count). The summed E-state index contributed by atoms with van der Waals surface area (Å²) >= 11 is 0. The number of nitrogens with one attached hydrogen (secondary N) is 3. The van der Waals surface area contributed by atoms with Crippen LogP contribution in [0.25, 0.3) is 0 Å². The van der Waals surface area contributed by atoms with Crippen molar-refractivity contribution >= 4 is 21.6 Å². The van der Waals surface area contributed by atoms with Gasteiger partial charge < -0.3 is 10.1 Å². The predicted octanol–water partition coefficient (Wildman–Crippen LogP) is 2.64. The fourth-order valence-electron chi connectivity index (χ4n) is 4.07. The SMILES string of the molecule is CC1(C)COc2c(S(=N)(=O)NC(=O)Nc3c4c(cc5c3CC5)CC4)cnn2C1. The summed E-state index contributed by atoms with van der Waals surface area (Å²) in [6, 6.07) is 1.59. The molecule has 1 aliphatic heterocycles. The molecule has 28 heavy (non-hydrogen) atoms. The highest BCUT2D eigenvalue weighted by atomic mass is 32.2. The van der Waals surface area contributed by atoms with Gasteiger partial charge in [0.15, 0.2) is 9.92 Å². The molecular formula is C19H23N5O3S. The van der Waals surface area contributed by atoms with Gasteiger partial charge in [-0.15, -0.1) is 0 Å². The van der Waals surface area contributed by atoms with E-state index in [-0.39, 0.29) is 10.3 Å². The Kier molecular flexibility index (Phi) is 3.59. The number of rotatable bonds is 3. The van der Waals surface area contributed by atoms with Gasteiger partial charge in [-0.3, -0.25) is 0 Å². The molecule has 3 aliphatic rings. The number of amides is 2. The third kappa shape index (κ3) is 2.68. The number of carbonyl (C=O) groups excluding carboxylic acids is 1. The molecule has 3 N–H and O–H groups in total. The zero-order chi connectivity index (χ0) is 19.7. The van der Waals surface area contributed by atoms with Gasteiger partial charge in [-0.1, -0.05) is 19.9 Å². The Hall–Kier alpha value is -2.55. The number of benzene rings is 1. The quantitative estimate of drug-likeness (QED) is 0.734. The largest absolute Gasteiger partial charge is 0.476 e. The normalized spacial score (nSPS) is 20.2. The summed E-state index contributed by atoms with van der Waals surface area (Å²) in [6.45, 7) is 5.14. The second kappa shape index (κ2) is 5.73. The standard InChI is InChI=1S/C19H23N5O3S/c1-19(2)9-24-17(27-10-19)15(8-21-24)28(20,26)23-18(25)22-16-13-5-3-11(13)7-12-4-6-14(12)16/h7-8H,3-6,9-10H2,1-2H3,(H3,20,22,23,25,26). The molecule has 0 bridgehead atoms. The average molecular weight is 401 g/mol. The Bertz CT molecular complexity index is 1090. The molecule has 8 nitrogen and oxygen atoms in total. The third-order valence-corrected chi connectivity index (χ3v) is 7.11. The zero-order valence-electron chi connectivity index (χ0n) is 15.9. The molecule has 9 heteroatoms. The highest BCUT2D eigenvalue weighted by molar-refractivity contribution is 7.91. The van der Waals surface area contributed by atoms with E-state index in [0.717, 1.165) is 31.4 Å². The minimum absolute atomic E-state index is 0.0962. The molecule has 2 aromatic rings. The Balaban J connectivity index is 1.37. The van der Waals surface area contributed by atoms with Crippen LogP contribution < -0.4 is 14.8 Å². The van der Waals surface area contributed by atoms with E-state index in [0.29, 0.717) is 19.0 Å². The third-order valence-electron chi connectivity index (χ3n) is 5.74. The van der Waals surface area contributed by atoms with E-state index in [2.05, 4.69) is 21.2 Å². The summed E-state index contributed by atoms with van der Waals surface area (Å²) in [5.41, 5.74) is 5.63. The van der Waals surface area contributed by atoms with Crippen LogP contribution in [0.4, 0.5) is 10.5 Å². The second-order valence-corrected chi connectivity index (χ2v) is 10.3. The zero-order valence-corrected chi connectivity index (χ0v) is 16.7. The Morgan fingerprint density at radius 2 is 1.93 bits per heavy atom. The molecule has 1 atom stereocenters. The van der Waals surface area contributed by atoms with Crippen molar-refractivity contribution in [3.63, 3.8) is 0 Å². The summed E-state index contributed by atoms with van der Waals surface area (Å²) < 4.78 is 30.9. The molecule has 2 heterocycles. The van der Waals surface area contributed by atoms with E-state index < -0.39 is 15.9 Å². The molecule has 0 spiro atoms. The highest BCUT2D eigenvalue weighted by Gasteiger charge is 2.33. The first-order chi connectivity index (χ1) is 13.2. The van der Waals surface area contributed by atoms with Crippen molar-refractivity contribution in [3.8, 4) is 5.88 Å². The van der Waals surface area contributed by atoms with Crippen LogP contribution in [0.1, 0.15) is 36.1 Å². The predicted molar refractivity (Wildman–Crippen MR) is 104 cm³/mol. The second-order valence-electron chi connectivity index (χ2n) is 8.56. The van der Waals surface area contributed by atoms with Gasteiger partial charge >= 0.3 is 6.03 Å². The summed E-state index contributed by atoms with van der Waals surface area (Å²) in [7, 11) is -3.60. The van der Waals surface area contributed by atoms with Gasteiger partial charge in [0.2, 0.25) is 5.88 Å². The van der Waals surface area contributed by atoms with Crippen molar-refractivity contribution < 1.29 is 13.7 Å². The average Bonchev–Trinajstić information content (AvgIpc) is 2.93. The van der Waals surface area contributed by atoms with Crippen molar-refractivity contribution in [2.75, 3.05) is 11.9 Å². The fraction of sp³-hybridized carbons (Fsp3) is 0.474. The summed E-state index contributed by atoms with van der Waals surface area (Å²) in [6.07, 6.45) is 5.30. The van der Waals surface area contributed by atoms with Gasteiger partial charge in [-0.25, -0.2) is 23.2 Å². The maximum Gasteiger partial charge on any atom is 0.331 e. The minimum Gasteiger partial charge on any atom is -0.476 e. The highest BCUT2D eigenvalue weighted by Crippen LogP contribution is 2.40. The lowest BCUT2D eigenvalue weighted by atomic mass is 9.76. The lowest BCUT2D eigenvalue weighted by Gasteiger charge is -2.32. The van der Waals surface area contributed by atoms with Crippen LogP contribution in [-0.2, 0) is 42.1 Å². The van der Waals surface area contributed by atoms with E-state index in [1.165, 1.54) is 28.5 Å². The maximum atomic E-state index is 13.0. The molecule has 1 aromatic heterocycles. The summed E-state index contributed by atoms with van der Waals surface area (Å²) in [4.78, 5) is 12.7. The van der Waals surface area contributed by atoms with Crippen molar-refractivity contribution in [2.45, 2.75) is 51.0 Å². The van der Waals surface area contributed by atoms with Gasteiger partial charge in [0.25, 0.3) is 0 Å². The molecule has 148 valence electrons. The van der Waals surface area contributed by atoms with Crippen LogP contribution in [0.2, 0.25) is 0 Å². The maximum absolute atomic E-state index is 13.0. The molecule has 2 amide bonds. The number of aromatic nitrogens is 2. The van der Waals surface area contributed by atoms with E-state index >= 15 is 0 Å². The molecule has 0 fully saturated rings. The van der Waals surface area contributed by atoms with Crippen LogP contribution in [0.5, 0.6) is 5.88 Å². The Morgan fingerprint density at radius 1 is 1.25 bits per heavy atom. The van der Waals surface area contributed by atoms with Gasteiger partial charge in [0.1, 0.15) is 4.90 Å². The van der Waals surface area contributed by atoms with E-state index in [1.807, 2.05) is 13.8 Å². The molecule has 0 saturated carbocycles. The number of nitrogens with zero attached hydrogens (tertiary/aromatic N) is 2. The van der Waals surface area contributed by atoms with Gasteiger partial charge in [-0.05, 0) is 47.9 Å². The Labute approximate surface area is 163 Å². The summed E-state index contributed by atoms with van der Waals surface area (Å²) in [5.74, 6) is 0.299. The molecule has 0 radical (unpaired) electrons. The first kappa shape index (κ1) is 17.5. The van der Waals surface area contributed by atoms with Gasteiger partial charge in [0, 0.05) is 11.1 Å². The lowest BCUT2D eigenvalue weighted by Crippen LogP contribution is -2.36. The van der Waals surface area contributed by atoms with Crippen LogP contribution >= 0.6 is 0 Å². The van der Waals surface area contributed by atoms with Crippen LogP contribution in [0, 0.1) is 10.2 Å². The van der Waals surface area contributed by atoms with E-state index in [4.69, 9.17) is 9.52 Å².